The molecule has 0 saturated heterocycles. The summed E-state index contributed by atoms with van der Waals surface area (Å²) in [5.41, 5.74) is 5.17. The van der Waals surface area contributed by atoms with Gasteiger partial charge in [0, 0.05) is 25.2 Å². The molecule has 1 aliphatic heterocycles. The number of anilines is 1. The van der Waals surface area contributed by atoms with Crippen LogP contribution in [-0.4, -0.2) is 12.3 Å². The maximum Gasteiger partial charge on any atom is 0.134 e. The Morgan fingerprint density at radius 1 is 1.10 bits per heavy atom. The Hall–Kier alpha value is -2.09. The van der Waals surface area contributed by atoms with E-state index >= 15 is 0 Å². The molecule has 0 N–H and O–H groups in total. The molecule has 1 heterocycles. The van der Waals surface area contributed by atoms with Gasteiger partial charge in [0.05, 0.1) is 0 Å². The number of carbonyl (C=O) groups excluding carboxylic acids is 1. The largest absolute Gasteiger partial charge is 0.367 e. The van der Waals surface area contributed by atoms with Gasteiger partial charge in [-0.2, -0.15) is 0 Å². The maximum absolute atomic E-state index is 11.2. The van der Waals surface area contributed by atoms with Crippen molar-refractivity contribution in [3.05, 3.63) is 65.2 Å². The summed E-state index contributed by atoms with van der Waals surface area (Å²) in [6.07, 6.45) is 1.62. The smallest absolute Gasteiger partial charge is 0.134 e. The number of rotatable bonds is 4. The van der Waals surface area contributed by atoms with Gasteiger partial charge in [0.25, 0.3) is 0 Å². The Kier molecular flexibility index (Phi) is 3.55. The Morgan fingerprint density at radius 2 is 1.90 bits per heavy atom. The fraction of sp³-hybridized carbons (Fsp3) is 0.278. The minimum atomic E-state index is 0.226. The van der Waals surface area contributed by atoms with Crippen molar-refractivity contribution in [2.24, 2.45) is 0 Å². The third-order valence-corrected chi connectivity index (χ3v) is 3.80. The molecule has 0 radical (unpaired) electrons. The van der Waals surface area contributed by atoms with E-state index in [-0.39, 0.29) is 5.78 Å². The summed E-state index contributed by atoms with van der Waals surface area (Å²) < 4.78 is 0. The topological polar surface area (TPSA) is 20.3 Å². The van der Waals surface area contributed by atoms with E-state index in [9.17, 15) is 4.79 Å². The molecular formula is C18H19NO. The van der Waals surface area contributed by atoms with Crippen LogP contribution in [-0.2, 0) is 24.2 Å². The van der Waals surface area contributed by atoms with Crippen LogP contribution >= 0.6 is 0 Å². The average molecular weight is 265 g/mol. The van der Waals surface area contributed by atoms with E-state index in [2.05, 4.69) is 53.4 Å². The number of hydrogen-bond acceptors (Lipinski definition) is 2. The van der Waals surface area contributed by atoms with Crippen LogP contribution in [0.25, 0.3) is 0 Å². The highest BCUT2D eigenvalue weighted by molar-refractivity contribution is 5.78. The highest BCUT2D eigenvalue weighted by Crippen LogP contribution is 2.30. The van der Waals surface area contributed by atoms with Crippen LogP contribution in [0, 0.1) is 0 Å². The van der Waals surface area contributed by atoms with Crippen molar-refractivity contribution in [1.29, 1.82) is 0 Å². The summed E-state index contributed by atoms with van der Waals surface area (Å²) in [5, 5.41) is 0. The molecule has 2 aromatic carbocycles. The second-order valence-corrected chi connectivity index (χ2v) is 5.50. The number of nitrogens with zero attached hydrogens (tertiary/aromatic N) is 1. The lowest BCUT2D eigenvalue weighted by molar-refractivity contribution is -0.116. The van der Waals surface area contributed by atoms with Crippen molar-refractivity contribution in [3.8, 4) is 0 Å². The lowest BCUT2D eigenvalue weighted by atomic mass is 10.0. The van der Waals surface area contributed by atoms with E-state index in [4.69, 9.17) is 0 Å². The zero-order valence-electron chi connectivity index (χ0n) is 11.8. The second-order valence-electron chi connectivity index (χ2n) is 5.50. The summed E-state index contributed by atoms with van der Waals surface area (Å²) >= 11 is 0. The van der Waals surface area contributed by atoms with Gasteiger partial charge in [-0.15, -0.1) is 0 Å². The van der Waals surface area contributed by atoms with Crippen molar-refractivity contribution in [3.63, 3.8) is 0 Å². The van der Waals surface area contributed by atoms with Gasteiger partial charge in [-0.05, 0) is 36.1 Å². The van der Waals surface area contributed by atoms with Crippen molar-refractivity contribution in [1.82, 2.24) is 0 Å². The molecule has 0 aliphatic carbocycles. The normalized spacial score (nSPS) is 13.3. The van der Waals surface area contributed by atoms with Gasteiger partial charge in [-0.25, -0.2) is 0 Å². The Labute approximate surface area is 120 Å². The molecule has 0 aromatic heterocycles. The van der Waals surface area contributed by atoms with Crippen LogP contribution in [0.15, 0.2) is 48.5 Å². The minimum absolute atomic E-state index is 0.226. The van der Waals surface area contributed by atoms with Crippen LogP contribution in [0.2, 0.25) is 0 Å². The van der Waals surface area contributed by atoms with Crippen LogP contribution in [0.1, 0.15) is 23.6 Å². The number of ketones is 1. The first-order valence-electron chi connectivity index (χ1n) is 7.12. The molecule has 0 atom stereocenters. The molecule has 0 amide bonds. The zero-order chi connectivity index (χ0) is 13.9. The summed E-state index contributed by atoms with van der Waals surface area (Å²) in [7, 11) is 0. The number of benzene rings is 2. The molecule has 1 aliphatic rings. The van der Waals surface area contributed by atoms with Crippen molar-refractivity contribution in [2.45, 2.75) is 26.3 Å². The fourth-order valence-corrected chi connectivity index (χ4v) is 2.89. The molecule has 0 bridgehead atoms. The molecule has 2 nitrogen and oxygen atoms in total. The second kappa shape index (κ2) is 5.49. The summed E-state index contributed by atoms with van der Waals surface area (Å²) in [5.74, 6) is 0.226. The third kappa shape index (κ3) is 2.74. The minimum Gasteiger partial charge on any atom is -0.367 e. The number of Topliss-reactive ketones (excluding diaryl/α,β-unsaturated/α-hetero) is 1. The van der Waals surface area contributed by atoms with Crippen LogP contribution in [0.4, 0.5) is 5.69 Å². The quantitative estimate of drug-likeness (QED) is 0.844. The first-order chi connectivity index (χ1) is 9.72. The predicted molar refractivity (Wildman–Crippen MR) is 82.0 cm³/mol. The predicted octanol–water partition coefficient (Wildman–Crippen LogP) is 3.38. The number of carbonyl (C=O) groups is 1. The van der Waals surface area contributed by atoms with Crippen LogP contribution < -0.4 is 4.90 Å². The van der Waals surface area contributed by atoms with Gasteiger partial charge in [-0.3, -0.25) is 4.79 Å². The molecular weight excluding hydrogens is 246 g/mol. The molecule has 2 aromatic rings. The summed E-state index contributed by atoms with van der Waals surface area (Å²) in [4.78, 5) is 13.6. The lowest BCUT2D eigenvalue weighted by Gasteiger charge is -2.19. The standard InChI is InChI=1S/C18H19NO/c1-14(20)11-16-7-8-18-17(12-16)9-10-19(18)13-15-5-3-2-4-6-15/h2-8,12H,9-11,13H2,1H3. The van der Waals surface area contributed by atoms with Gasteiger partial charge in [-0.1, -0.05) is 42.5 Å². The van der Waals surface area contributed by atoms with Crippen LogP contribution in [0.5, 0.6) is 0 Å². The van der Waals surface area contributed by atoms with Crippen molar-refractivity contribution >= 4 is 11.5 Å². The van der Waals surface area contributed by atoms with Crippen molar-refractivity contribution in [2.75, 3.05) is 11.4 Å². The summed E-state index contributed by atoms with van der Waals surface area (Å²) in [6.45, 7) is 3.67. The van der Waals surface area contributed by atoms with Gasteiger partial charge >= 0.3 is 0 Å². The zero-order valence-corrected chi connectivity index (χ0v) is 11.8. The van der Waals surface area contributed by atoms with Gasteiger partial charge in [0.15, 0.2) is 0 Å². The molecule has 3 rings (SSSR count). The highest BCUT2D eigenvalue weighted by atomic mass is 16.1. The molecule has 102 valence electrons. The first-order valence-corrected chi connectivity index (χ1v) is 7.12. The molecule has 0 saturated carbocycles. The molecule has 0 unspecified atom stereocenters. The SMILES string of the molecule is CC(=O)Cc1ccc2c(c1)CCN2Cc1ccccc1. The third-order valence-electron chi connectivity index (χ3n) is 3.80. The fourth-order valence-electron chi connectivity index (χ4n) is 2.89. The monoisotopic (exact) mass is 265 g/mol. The molecule has 0 fully saturated rings. The summed E-state index contributed by atoms with van der Waals surface area (Å²) in [6, 6.07) is 17.0. The number of fused-ring (bicyclic) bond motifs is 1. The Bertz CT molecular complexity index is 619. The van der Waals surface area contributed by atoms with E-state index < -0.39 is 0 Å². The van der Waals surface area contributed by atoms with E-state index in [0.717, 1.165) is 25.1 Å². The Morgan fingerprint density at radius 3 is 2.65 bits per heavy atom. The van der Waals surface area contributed by atoms with Gasteiger partial charge < -0.3 is 4.90 Å². The van der Waals surface area contributed by atoms with Gasteiger partial charge in [0.2, 0.25) is 0 Å². The van der Waals surface area contributed by atoms with Crippen LogP contribution in [0.3, 0.4) is 0 Å². The number of hydrogen-bond donors (Lipinski definition) is 0. The Balaban J connectivity index is 1.79. The highest BCUT2D eigenvalue weighted by Gasteiger charge is 2.19. The van der Waals surface area contributed by atoms with Crippen molar-refractivity contribution < 1.29 is 4.79 Å². The lowest BCUT2D eigenvalue weighted by Crippen LogP contribution is -2.19. The van der Waals surface area contributed by atoms with Gasteiger partial charge in [0.1, 0.15) is 5.78 Å². The molecule has 20 heavy (non-hydrogen) atoms. The first kappa shape index (κ1) is 12.9. The maximum atomic E-state index is 11.2. The van der Waals surface area contributed by atoms with E-state index in [1.54, 1.807) is 6.92 Å². The molecule has 2 heteroatoms. The van der Waals surface area contributed by atoms with E-state index in [1.165, 1.54) is 16.8 Å². The van der Waals surface area contributed by atoms with E-state index in [1.807, 2.05) is 0 Å². The molecule has 0 spiro atoms. The van der Waals surface area contributed by atoms with E-state index in [0.29, 0.717) is 6.42 Å². The average Bonchev–Trinajstić information content (AvgIpc) is 2.82.